The van der Waals surface area contributed by atoms with Gasteiger partial charge in [-0.05, 0) is 61.7 Å². The van der Waals surface area contributed by atoms with E-state index in [0.717, 1.165) is 54.4 Å². The van der Waals surface area contributed by atoms with Crippen LogP contribution in [0.25, 0.3) is 0 Å². The van der Waals surface area contributed by atoms with Gasteiger partial charge in [0.15, 0.2) is 0 Å². The molecule has 0 aliphatic carbocycles. The van der Waals surface area contributed by atoms with Gasteiger partial charge in [-0.2, -0.15) is 0 Å². The summed E-state index contributed by atoms with van der Waals surface area (Å²) in [6.45, 7) is 3.51. The number of aromatic nitrogens is 2. The van der Waals surface area contributed by atoms with Crippen molar-refractivity contribution >= 4 is 11.7 Å². The van der Waals surface area contributed by atoms with Gasteiger partial charge < -0.3 is 19.9 Å². The molecule has 2 N–H and O–H groups in total. The summed E-state index contributed by atoms with van der Waals surface area (Å²) in [6.07, 6.45) is 5.47. The van der Waals surface area contributed by atoms with Crippen molar-refractivity contribution in [1.29, 1.82) is 0 Å². The molecule has 2 heterocycles. The van der Waals surface area contributed by atoms with Gasteiger partial charge in [0.2, 0.25) is 0 Å². The van der Waals surface area contributed by atoms with E-state index in [1.54, 1.807) is 6.33 Å². The molecule has 0 spiro atoms. The first-order valence-corrected chi connectivity index (χ1v) is 9.56. The van der Waals surface area contributed by atoms with E-state index < -0.39 is 0 Å². The first-order valence-electron chi connectivity index (χ1n) is 9.56. The summed E-state index contributed by atoms with van der Waals surface area (Å²) >= 11 is 0. The molecule has 3 aromatic rings. The SMILES string of the molecule is Cc1cccc(Oc2ccc(NC(=O)N3CCC(c4cnc[nH]4)CC3)cc2)c1. The Kier molecular flexibility index (Phi) is 5.28. The maximum absolute atomic E-state index is 12.5. The van der Waals surface area contributed by atoms with Crippen molar-refractivity contribution in [3.8, 4) is 11.5 Å². The Bertz CT molecular complexity index is 914. The number of anilines is 1. The Labute approximate surface area is 164 Å². The first-order chi connectivity index (χ1) is 13.7. The van der Waals surface area contributed by atoms with Crippen LogP contribution in [0.2, 0.25) is 0 Å². The number of likely N-dealkylation sites (tertiary alicyclic amines) is 1. The number of aryl methyl sites for hydroxylation is 1. The monoisotopic (exact) mass is 376 g/mol. The van der Waals surface area contributed by atoms with E-state index in [1.807, 2.05) is 66.6 Å². The van der Waals surface area contributed by atoms with E-state index in [1.165, 1.54) is 0 Å². The van der Waals surface area contributed by atoms with E-state index in [0.29, 0.717) is 5.92 Å². The second-order valence-electron chi connectivity index (χ2n) is 7.14. The Morgan fingerprint density at radius 1 is 1.14 bits per heavy atom. The minimum Gasteiger partial charge on any atom is -0.457 e. The molecule has 2 amide bonds. The lowest BCUT2D eigenvalue weighted by Crippen LogP contribution is -2.40. The van der Waals surface area contributed by atoms with Gasteiger partial charge >= 0.3 is 6.03 Å². The average molecular weight is 376 g/mol. The smallest absolute Gasteiger partial charge is 0.321 e. The molecule has 2 aromatic carbocycles. The quantitative estimate of drug-likeness (QED) is 0.679. The van der Waals surface area contributed by atoms with E-state index in [9.17, 15) is 4.79 Å². The highest BCUT2D eigenvalue weighted by molar-refractivity contribution is 5.89. The van der Waals surface area contributed by atoms with Crippen LogP contribution < -0.4 is 10.1 Å². The van der Waals surface area contributed by atoms with Crippen LogP contribution in [0.5, 0.6) is 11.5 Å². The van der Waals surface area contributed by atoms with Crippen LogP contribution in [0.3, 0.4) is 0 Å². The maximum atomic E-state index is 12.5. The van der Waals surface area contributed by atoms with Crippen molar-refractivity contribution in [3.63, 3.8) is 0 Å². The standard InChI is InChI=1S/C22H24N4O2/c1-16-3-2-4-20(13-16)28-19-7-5-18(6-8-19)25-22(27)26-11-9-17(10-12-26)21-14-23-15-24-21/h2-8,13-15,17H,9-12H2,1H3,(H,23,24)(H,25,27). The summed E-state index contributed by atoms with van der Waals surface area (Å²) in [6, 6.07) is 15.3. The summed E-state index contributed by atoms with van der Waals surface area (Å²) in [5.74, 6) is 1.99. The lowest BCUT2D eigenvalue weighted by Gasteiger charge is -2.31. The van der Waals surface area contributed by atoms with Gasteiger partial charge in [0.25, 0.3) is 0 Å². The molecule has 1 aromatic heterocycles. The van der Waals surface area contributed by atoms with E-state index >= 15 is 0 Å². The normalized spacial score (nSPS) is 14.7. The number of hydrogen-bond acceptors (Lipinski definition) is 3. The number of piperidine rings is 1. The largest absolute Gasteiger partial charge is 0.457 e. The highest BCUT2D eigenvalue weighted by Gasteiger charge is 2.24. The third kappa shape index (κ3) is 4.34. The van der Waals surface area contributed by atoms with Gasteiger partial charge in [-0.1, -0.05) is 12.1 Å². The van der Waals surface area contributed by atoms with E-state index in [-0.39, 0.29) is 6.03 Å². The number of rotatable bonds is 4. The van der Waals surface area contributed by atoms with Gasteiger partial charge in [-0.25, -0.2) is 9.78 Å². The number of amides is 2. The van der Waals surface area contributed by atoms with E-state index in [2.05, 4.69) is 15.3 Å². The van der Waals surface area contributed by atoms with Crippen molar-refractivity contribution in [2.75, 3.05) is 18.4 Å². The van der Waals surface area contributed by atoms with Crippen molar-refractivity contribution in [2.24, 2.45) is 0 Å². The van der Waals surface area contributed by atoms with Gasteiger partial charge in [0, 0.05) is 36.6 Å². The maximum Gasteiger partial charge on any atom is 0.321 e. The number of imidazole rings is 1. The molecule has 0 unspecified atom stereocenters. The molecule has 0 saturated carbocycles. The number of carbonyl (C=O) groups excluding carboxylic acids is 1. The lowest BCUT2D eigenvalue weighted by molar-refractivity contribution is 0.194. The summed E-state index contributed by atoms with van der Waals surface area (Å²) in [4.78, 5) is 21.7. The molecule has 1 aliphatic rings. The van der Waals surface area contributed by atoms with Gasteiger partial charge in [-0.3, -0.25) is 0 Å². The zero-order valence-electron chi connectivity index (χ0n) is 15.9. The minimum absolute atomic E-state index is 0.0598. The highest BCUT2D eigenvalue weighted by Crippen LogP contribution is 2.27. The highest BCUT2D eigenvalue weighted by atomic mass is 16.5. The molecule has 1 fully saturated rings. The average Bonchev–Trinajstić information content (AvgIpc) is 3.24. The van der Waals surface area contributed by atoms with Crippen molar-refractivity contribution < 1.29 is 9.53 Å². The third-order valence-electron chi connectivity index (χ3n) is 5.07. The second-order valence-corrected chi connectivity index (χ2v) is 7.14. The predicted octanol–water partition coefficient (Wildman–Crippen LogP) is 4.92. The summed E-state index contributed by atoms with van der Waals surface area (Å²) in [5, 5.41) is 2.97. The topological polar surface area (TPSA) is 70.2 Å². The van der Waals surface area contributed by atoms with Crippen molar-refractivity contribution in [1.82, 2.24) is 14.9 Å². The summed E-state index contributed by atoms with van der Waals surface area (Å²) < 4.78 is 5.85. The molecule has 0 bridgehead atoms. The number of carbonyl (C=O) groups is 1. The third-order valence-corrected chi connectivity index (χ3v) is 5.07. The van der Waals surface area contributed by atoms with Crippen LogP contribution in [0.4, 0.5) is 10.5 Å². The van der Waals surface area contributed by atoms with Crippen molar-refractivity contribution in [2.45, 2.75) is 25.7 Å². The number of hydrogen-bond donors (Lipinski definition) is 2. The summed E-state index contributed by atoms with van der Waals surface area (Å²) in [7, 11) is 0. The zero-order valence-corrected chi connectivity index (χ0v) is 15.9. The van der Waals surface area contributed by atoms with Crippen LogP contribution in [0.1, 0.15) is 30.0 Å². The van der Waals surface area contributed by atoms with Crippen LogP contribution in [-0.2, 0) is 0 Å². The van der Waals surface area contributed by atoms with Crippen LogP contribution in [0.15, 0.2) is 61.1 Å². The summed E-state index contributed by atoms with van der Waals surface area (Å²) in [5.41, 5.74) is 3.07. The number of aromatic amines is 1. The first kappa shape index (κ1) is 18.1. The number of urea groups is 1. The molecular formula is C22H24N4O2. The molecule has 6 nitrogen and oxygen atoms in total. The minimum atomic E-state index is -0.0598. The van der Waals surface area contributed by atoms with Crippen LogP contribution >= 0.6 is 0 Å². The molecule has 144 valence electrons. The Morgan fingerprint density at radius 2 is 1.93 bits per heavy atom. The number of nitrogens with one attached hydrogen (secondary N) is 2. The Balaban J connectivity index is 1.30. The van der Waals surface area contributed by atoms with E-state index in [4.69, 9.17) is 4.74 Å². The molecule has 4 rings (SSSR count). The zero-order chi connectivity index (χ0) is 19.3. The molecule has 0 radical (unpaired) electrons. The fourth-order valence-electron chi connectivity index (χ4n) is 3.51. The van der Waals surface area contributed by atoms with Gasteiger partial charge in [0.1, 0.15) is 11.5 Å². The van der Waals surface area contributed by atoms with Gasteiger partial charge in [0.05, 0.1) is 6.33 Å². The molecule has 6 heteroatoms. The van der Waals surface area contributed by atoms with Crippen molar-refractivity contribution in [3.05, 3.63) is 72.3 Å². The molecule has 28 heavy (non-hydrogen) atoms. The number of benzene rings is 2. The fraction of sp³-hybridized carbons (Fsp3) is 0.273. The Hall–Kier alpha value is -3.28. The predicted molar refractivity (Wildman–Crippen MR) is 109 cm³/mol. The molecule has 0 atom stereocenters. The molecular weight excluding hydrogens is 352 g/mol. The van der Waals surface area contributed by atoms with Gasteiger partial charge in [-0.15, -0.1) is 0 Å². The molecule has 1 aliphatic heterocycles. The molecule has 1 saturated heterocycles. The lowest BCUT2D eigenvalue weighted by atomic mass is 9.94. The number of H-pyrrole nitrogens is 1. The second kappa shape index (κ2) is 8.17. The fourth-order valence-corrected chi connectivity index (χ4v) is 3.51. The number of nitrogens with zero attached hydrogens (tertiary/aromatic N) is 2. The van der Waals surface area contributed by atoms with Crippen LogP contribution in [-0.4, -0.2) is 34.0 Å². The van der Waals surface area contributed by atoms with Crippen LogP contribution in [0, 0.1) is 6.92 Å². The Morgan fingerprint density at radius 3 is 2.61 bits per heavy atom. The number of ether oxygens (including phenoxy) is 1.